The normalized spacial score (nSPS) is 30.6. The molecule has 1 aliphatic heterocycles. The van der Waals surface area contributed by atoms with Crippen LogP contribution in [0.25, 0.3) is 5.65 Å². The third kappa shape index (κ3) is 3.00. The summed E-state index contributed by atoms with van der Waals surface area (Å²) in [5.74, 6) is 0.774. The first-order valence-electron chi connectivity index (χ1n) is 9.84. The van der Waals surface area contributed by atoms with Crippen LogP contribution in [0.2, 0.25) is 0 Å². The number of likely N-dealkylation sites (tertiary alicyclic amines) is 1. The lowest BCUT2D eigenvalue weighted by Crippen LogP contribution is -2.53. The van der Waals surface area contributed by atoms with E-state index in [1.807, 2.05) is 4.90 Å². The second-order valence-corrected chi connectivity index (χ2v) is 8.10. The van der Waals surface area contributed by atoms with Crippen molar-refractivity contribution in [2.24, 2.45) is 5.92 Å². The largest absolute Gasteiger partial charge is 0.378 e. The molecular weight excluding hydrogens is 346 g/mol. The first-order valence-corrected chi connectivity index (χ1v) is 9.84. The lowest BCUT2D eigenvalue weighted by molar-refractivity contribution is -0.0977. The van der Waals surface area contributed by atoms with Crippen LogP contribution in [0.5, 0.6) is 0 Å². The molecule has 5 rings (SSSR count). The van der Waals surface area contributed by atoms with Crippen LogP contribution < -0.4 is 0 Å². The molecule has 0 N–H and O–H groups in total. The fourth-order valence-corrected chi connectivity index (χ4v) is 4.65. The maximum atomic E-state index is 13.3. The van der Waals surface area contributed by atoms with E-state index in [4.69, 9.17) is 9.47 Å². The van der Waals surface area contributed by atoms with Gasteiger partial charge in [-0.05, 0) is 67.0 Å². The fourth-order valence-electron chi connectivity index (χ4n) is 4.65. The van der Waals surface area contributed by atoms with E-state index in [9.17, 15) is 4.79 Å². The molecule has 0 spiro atoms. The summed E-state index contributed by atoms with van der Waals surface area (Å²) < 4.78 is 13.7. The van der Waals surface area contributed by atoms with Crippen LogP contribution in [0.15, 0.2) is 18.3 Å². The third-order valence-corrected chi connectivity index (χ3v) is 6.51. The van der Waals surface area contributed by atoms with Crippen LogP contribution in [0.1, 0.15) is 48.9 Å². The van der Waals surface area contributed by atoms with Crippen LogP contribution in [0, 0.1) is 5.92 Å². The smallest absolute Gasteiger partial charge is 0.254 e. The number of hydrogen-bond donors (Lipinski definition) is 0. The Labute approximate surface area is 157 Å². The molecule has 144 valence electrons. The standard InChI is InChI=1S/C19H25N5O3/c1-26-19-6-4-15(27-12-13-2-3-13)11-16(19)23(9-7-19)18(25)14-5-8-24-17(10-14)20-21-22-24/h5,8,10,13,15-16H,2-4,6-7,9,11-12H2,1H3/t15-,16+,19-/m1/s1. The number of methoxy groups -OCH3 is 1. The molecule has 2 aliphatic carbocycles. The molecule has 8 heteroatoms. The highest BCUT2D eigenvalue weighted by atomic mass is 16.5. The van der Waals surface area contributed by atoms with E-state index in [0.29, 0.717) is 17.8 Å². The molecule has 8 nitrogen and oxygen atoms in total. The van der Waals surface area contributed by atoms with Gasteiger partial charge in [0.1, 0.15) is 0 Å². The number of hydrogen-bond acceptors (Lipinski definition) is 6. The van der Waals surface area contributed by atoms with Crippen molar-refractivity contribution >= 4 is 11.6 Å². The lowest BCUT2D eigenvalue weighted by Gasteiger charge is -2.43. The number of carbonyl (C=O) groups is 1. The van der Waals surface area contributed by atoms with Gasteiger partial charge in [0.2, 0.25) is 0 Å². The monoisotopic (exact) mass is 371 g/mol. The molecular formula is C19H25N5O3. The summed E-state index contributed by atoms with van der Waals surface area (Å²) in [5, 5.41) is 11.4. The average Bonchev–Trinajstić information content (AvgIpc) is 3.28. The minimum atomic E-state index is -0.240. The summed E-state index contributed by atoms with van der Waals surface area (Å²) >= 11 is 0. The maximum absolute atomic E-state index is 13.3. The Morgan fingerprint density at radius 1 is 1.33 bits per heavy atom. The van der Waals surface area contributed by atoms with Crippen molar-refractivity contribution in [3.8, 4) is 0 Å². The molecule has 0 bridgehead atoms. The average molecular weight is 371 g/mol. The second-order valence-electron chi connectivity index (χ2n) is 8.10. The number of fused-ring (bicyclic) bond motifs is 2. The number of amides is 1. The quantitative estimate of drug-likeness (QED) is 0.796. The zero-order valence-electron chi connectivity index (χ0n) is 15.6. The van der Waals surface area contributed by atoms with Crippen molar-refractivity contribution in [1.29, 1.82) is 0 Å². The molecule has 2 saturated carbocycles. The van der Waals surface area contributed by atoms with E-state index in [0.717, 1.165) is 38.2 Å². The Bertz CT molecular complexity index is 851. The van der Waals surface area contributed by atoms with Crippen molar-refractivity contribution < 1.29 is 14.3 Å². The number of aromatic nitrogens is 4. The molecule has 27 heavy (non-hydrogen) atoms. The Balaban J connectivity index is 1.36. The topological polar surface area (TPSA) is 81.9 Å². The zero-order valence-corrected chi connectivity index (χ0v) is 15.6. The summed E-state index contributed by atoms with van der Waals surface area (Å²) in [6.45, 7) is 1.57. The van der Waals surface area contributed by atoms with Crippen molar-refractivity contribution in [1.82, 2.24) is 24.9 Å². The number of pyridine rings is 1. The van der Waals surface area contributed by atoms with Crippen LogP contribution in [-0.4, -0.2) is 68.9 Å². The number of rotatable bonds is 5. The predicted octanol–water partition coefficient (Wildman–Crippen LogP) is 1.70. The number of carbonyl (C=O) groups excluding carboxylic acids is 1. The maximum Gasteiger partial charge on any atom is 0.254 e. The molecule has 0 radical (unpaired) electrons. The van der Waals surface area contributed by atoms with E-state index >= 15 is 0 Å². The van der Waals surface area contributed by atoms with E-state index in [1.54, 1.807) is 30.0 Å². The number of nitrogens with zero attached hydrogens (tertiary/aromatic N) is 5. The molecule has 1 saturated heterocycles. The molecule has 3 atom stereocenters. The van der Waals surface area contributed by atoms with Gasteiger partial charge in [-0.2, -0.15) is 0 Å². The predicted molar refractivity (Wildman–Crippen MR) is 96.3 cm³/mol. The Kier molecular flexibility index (Phi) is 4.12. The summed E-state index contributed by atoms with van der Waals surface area (Å²) in [4.78, 5) is 15.2. The molecule has 0 aromatic carbocycles. The van der Waals surface area contributed by atoms with Gasteiger partial charge in [0.05, 0.1) is 17.7 Å². The number of tetrazole rings is 1. The summed E-state index contributed by atoms with van der Waals surface area (Å²) in [6, 6.07) is 3.58. The molecule has 2 aromatic heterocycles. The van der Waals surface area contributed by atoms with Gasteiger partial charge in [-0.3, -0.25) is 4.79 Å². The van der Waals surface area contributed by atoms with Gasteiger partial charge in [0.15, 0.2) is 5.65 Å². The number of ether oxygens (including phenoxy) is 2. The van der Waals surface area contributed by atoms with Gasteiger partial charge >= 0.3 is 0 Å². The summed E-state index contributed by atoms with van der Waals surface area (Å²) in [5.41, 5.74) is 0.952. The molecule has 3 aliphatic rings. The van der Waals surface area contributed by atoms with E-state index in [1.165, 1.54) is 12.8 Å². The summed E-state index contributed by atoms with van der Waals surface area (Å²) in [7, 11) is 1.78. The van der Waals surface area contributed by atoms with Crippen LogP contribution in [-0.2, 0) is 9.47 Å². The van der Waals surface area contributed by atoms with Gasteiger partial charge < -0.3 is 14.4 Å². The molecule has 0 unspecified atom stereocenters. The first kappa shape index (κ1) is 17.1. The van der Waals surface area contributed by atoms with Crippen LogP contribution in [0.4, 0.5) is 0 Å². The summed E-state index contributed by atoms with van der Waals surface area (Å²) in [6.07, 6.45) is 8.22. The SMILES string of the molecule is CO[C@@]12CC[C@@H](OCC3CC3)C[C@@H]1N(C(=O)c1ccn3nnnc3c1)CC2. The van der Waals surface area contributed by atoms with E-state index < -0.39 is 0 Å². The Hall–Kier alpha value is -2.06. The van der Waals surface area contributed by atoms with E-state index in [2.05, 4.69) is 15.5 Å². The van der Waals surface area contributed by atoms with Crippen LogP contribution in [0.3, 0.4) is 0 Å². The van der Waals surface area contributed by atoms with Crippen LogP contribution >= 0.6 is 0 Å². The highest BCUT2D eigenvalue weighted by Gasteiger charge is 2.53. The van der Waals surface area contributed by atoms with E-state index in [-0.39, 0.29) is 23.7 Å². The fraction of sp³-hybridized carbons (Fsp3) is 0.684. The second kappa shape index (κ2) is 6.53. The third-order valence-electron chi connectivity index (χ3n) is 6.51. The molecule has 3 fully saturated rings. The lowest BCUT2D eigenvalue weighted by atomic mass is 9.79. The first-order chi connectivity index (χ1) is 13.2. The van der Waals surface area contributed by atoms with Crippen molar-refractivity contribution in [3.63, 3.8) is 0 Å². The van der Waals surface area contributed by atoms with Crippen molar-refractivity contribution in [2.75, 3.05) is 20.3 Å². The molecule has 3 heterocycles. The van der Waals surface area contributed by atoms with Crippen molar-refractivity contribution in [3.05, 3.63) is 23.9 Å². The van der Waals surface area contributed by atoms with Gasteiger partial charge in [0.25, 0.3) is 5.91 Å². The van der Waals surface area contributed by atoms with Gasteiger partial charge in [0, 0.05) is 32.0 Å². The van der Waals surface area contributed by atoms with Crippen molar-refractivity contribution in [2.45, 2.75) is 56.3 Å². The van der Waals surface area contributed by atoms with Gasteiger partial charge in [-0.25, -0.2) is 4.52 Å². The zero-order chi connectivity index (χ0) is 18.4. The van der Waals surface area contributed by atoms with Gasteiger partial charge in [-0.15, -0.1) is 5.10 Å². The highest BCUT2D eigenvalue weighted by Crippen LogP contribution is 2.44. The molecule has 1 amide bonds. The minimum Gasteiger partial charge on any atom is -0.378 e. The Morgan fingerprint density at radius 3 is 3.04 bits per heavy atom. The Morgan fingerprint density at radius 2 is 2.22 bits per heavy atom. The van der Waals surface area contributed by atoms with Gasteiger partial charge in [-0.1, -0.05) is 0 Å². The minimum absolute atomic E-state index is 0.0206. The highest BCUT2D eigenvalue weighted by molar-refractivity contribution is 5.95. The molecule has 2 aromatic rings.